The smallest absolute Gasteiger partial charge is 0.0130 e. The van der Waals surface area contributed by atoms with Crippen molar-refractivity contribution in [1.82, 2.24) is 0 Å². The lowest BCUT2D eigenvalue weighted by atomic mass is 9.85. The average molecular weight is 307 g/mol. The lowest BCUT2D eigenvalue weighted by molar-refractivity contribution is 0.809. The van der Waals surface area contributed by atoms with Crippen LogP contribution in [0.4, 0.5) is 0 Å². The monoisotopic (exact) mass is 307 g/mol. The second kappa shape index (κ2) is 6.72. The molecule has 24 heavy (non-hydrogen) atoms. The topological polar surface area (TPSA) is 0 Å². The number of hydrogen-bond acceptors (Lipinski definition) is 0. The summed E-state index contributed by atoms with van der Waals surface area (Å²) < 4.78 is 0. The van der Waals surface area contributed by atoms with Crippen molar-refractivity contribution in [3.8, 4) is 0 Å². The molecule has 4 aromatic carbocycles. The van der Waals surface area contributed by atoms with Crippen LogP contribution in [0.1, 0.15) is 22.6 Å². The summed E-state index contributed by atoms with van der Waals surface area (Å²) >= 11 is 0. The summed E-state index contributed by atoms with van der Waals surface area (Å²) in [7, 11) is 0. The molecule has 0 saturated carbocycles. The first-order valence-corrected chi connectivity index (χ1v) is 8.40. The van der Waals surface area contributed by atoms with Gasteiger partial charge in [0, 0.05) is 5.92 Å². The summed E-state index contributed by atoms with van der Waals surface area (Å²) in [5, 5.41) is 2.59. The van der Waals surface area contributed by atoms with E-state index in [0.29, 0.717) is 5.92 Å². The van der Waals surface area contributed by atoms with Gasteiger partial charge in [-0.15, -0.1) is 0 Å². The molecule has 0 aliphatic heterocycles. The van der Waals surface area contributed by atoms with Gasteiger partial charge in [-0.25, -0.2) is 0 Å². The fourth-order valence-corrected chi connectivity index (χ4v) is 3.40. The highest BCUT2D eigenvalue weighted by Crippen LogP contribution is 2.30. The minimum Gasteiger partial charge on any atom is -0.0622 e. The normalized spacial score (nSPS) is 11.0. The molecule has 0 aliphatic carbocycles. The van der Waals surface area contributed by atoms with Gasteiger partial charge in [0.05, 0.1) is 0 Å². The summed E-state index contributed by atoms with van der Waals surface area (Å²) in [5.74, 6) is 0.342. The molecule has 4 aromatic rings. The number of hydrogen-bond donors (Lipinski definition) is 0. The zero-order chi connectivity index (χ0) is 16.2. The molecule has 0 nitrogen and oxygen atoms in total. The van der Waals surface area contributed by atoms with Crippen LogP contribution in [0.3, 0.4) is 0 Å². The van der Waals surface area contributed by atoms with E-state index in [9.17, 15) is 0 Å². The first-order valence-electron chi connectivity index (χ1n) is 8.40. The second-order valence-corrected chi connectivity index (χ2v) is 6.12. The van der Waals surface area contributed by atoms with Gasteiger partial charge in [0.25, 0.3) is 0 Å². The highest BCUT2D eigenvalue weighted by atomic mass is 14.2. The van der Waals surface area contributed by atoms with Gasteiger partial charge in [-0.3, -0.25) is 0 Å². The fraction of sp³-hybridized carbons (Fsp3) is 0.0833. The Morgan fingerprint density at radius 2 is 1.21 bits per heavy atom. The Hall–Kier alpha value is -2.86. The van der Waals surface area contributed by atoms with Crippen LogP contribution in [-0.4, -0.2) is 0 Å². The standard InChI is InChI=1S/C24H19/c1-3-10-20(11-4-1)24(21-12-5-2-6-13-21)18-22-16-9-15-19-14-7-8-17-23(19)22/h1-15,17,24H,18H2. The lowest BCUT2D eigenvalue weighted by Crippen LogP contribution is -2.05. The van der Waals surface area contributed by atoms with Crippen molar-refractivity contribution in [2.75, 3.05) is 0 Å². The zero-order valence-corrected chi connectivity index (χ0v) is 13.5. The Labute approximate surface area is 143 Å². The van der Waals surface area contributed by atoms with Gasteiger partial charge in [-0.05, 0) is 39.9 Å². The minimum absolute atomic E-state index is 0.342. The molecule has 115 valence electrons. The maximum Gasteiger partial charge on any atom is 0.0130 e. The van der Waals surface area contributed by atoms with Gasteiger partial charge in [-0.1, -0.05) is 97.1 Å². The summed E-state index contributed by atoms with van der Waals surface area (Å²) in [5.41, 5.74) is 3.99. The Kier molecular flexibility index (Phi) is 4.12. The SMILES string of the molecule is [c]1ccc2ccccc2c1CC(c1ccccc1)c1ccccc1. The summed E-state index contributed by atoms with van der Waals surface area (Å²) in [6.45, 7) is 0. The van der Waals surface area contributed by atoms with Crippen LogP contribution in [0.5, 0.6) is 0 Å². The molecule has 0 aromatic heterocycles. The fourth-order valence-electron chi connectivity index (χ4n) is 3.40. The van der Waals surface area contributed by atoms with Gasteiger partial charge in [0.15, 0.2) is 0 Å². The summed E-state index contributed by atoms with van der Waals surface area (Å²) in [6.07, 6.45) is 0.954. The largest absolute Gasteiger partial charge is 0.0622 e. The Morgan fingerprint density at radius 1 is 0.625 bits per heavy atom. The van der Waals surface area contributed by atoms with E-state index in [1.54, 1.807) is 0 Å². The maximum atomic E-state index is 3.48. The molecule has 0 bridgehead atoms. The van der Waals surface area contributed by atoms with Crippen LogP contribution in [0.15, 0.2) is 97.1 Å². The van der Waals surface area contributed by atoms with Gasteiger partial charge in [0.1, 0.15) is 0 Å². The quantitative estimate of drug-likeness (QED) is 0.433. The molecule has 1 radical (unpaired) electrons. The number of benzene rings is 4. The summed E-state index contributed by atoms with van der Waals surface area (Å²) in [4.78, 5) is 0. The van der Waals surface area contributed by atoms with Gasteiger partial charge < -0.3 is 0 Å². The minimum atomic E-state index is 0.342. The van der Waals surface area contributed by atoms with Crippen LogP contribution in [0, 0.1) is 6.07 Å². The van der Waals surface area contributed by atoms with E-state index >= 15 is 0 Å². The van der Waals surface area contributed by atoms with Crippen LogP contribution >= 0.6 is 0 Å². The third-order valence-corrected chi connectivity index (χ3v) is 4.62. The summed E-state index contributed by atoms with van der Waals surface area (Å²) in [6, 6.07) is 37.8. The van der Waals surface area contributed by atoms with E-state index < -0.39 is 0 Å². The molecule has 0 atom stereocenters. The van der Waals surface area contributed by atoms with E-state index in [-0.39, 0.29) is 0 Å². The molecule has 0 heteroatoms. The Balaban J connectivity index is 1.80. The van der Waals surface area contributed by atoms with Crippen molar-refractivity contribution in [2.24, 2.45) is 0 Å². The predicted octanol–water partition coefficient (Wildman–Crippen LogP) is 6.01. The molecule has 0 fully saturated rings. The van der Waals surface area contributed by atoms with Crippen LogP contribution in [0.2, 0.25) is 0 Å². The van der Waals surface area contributed by atoms with Gasteiger partial charge in [0.2, 0.25) is 0 Å². The first kappa shape index (κ1) is 14.7. The molecule has 0 spiro atoms. The van der Waals surface area contributed by atoms with Crippen LogP contribution < -0.4 is 0 Å². The first-order chi connectivity index (χ1) is 11.9. The van der Waals surface area contributed by atoms with Crippen molar-refractivity contribution in [1.29, 1.82) is 0 Å². The van der Waals surface area contributed by atoms with Crippen molar-refractivity contribution in [3.63, 3.8) is 0 Å². The third-order valence-electron chi connectivity index (χ3n) is 4.62. The zero-order valence-electron chi connectivity index (χ0n) is 13.5. The predicted molar refractivity (Wildman–Crippen MR) is 101 cm³/mol. The van der Waals surface area contributed by atoms with Crippen molar-refractivity contribution >= 4 is 10.8 Å². The molecule has 0 N–H and O–H groups in total. The van der Waals surface area contributed by atoms with Crippen LogP contribution in [-0.2, 0) is 6.42 Å². The highest BCUT2D eigenvalue weighted by molar-refractivity contribution is 5.85. The molecule has 0 saturated heterocycles. The van der Waals surface area contributed by atoms with Crippen molar-refractivity contribution in [2.45, 2.75) is 12.3 Å². The van der Waals surface area contributed by atoms with Gasteiger partial charge in [-0.2, -0.15) is 0 Å². The molecular formula is C24H19. The molecule has 0 aliphatic rings. The highest BCUT2D eigenvalue weighted by Gasteiger charge is 2.16. The van der Waals surface area contributed by atoms with Gasteiger partial charge >= 0.3 is 0 Å². The Bertz CT molecular complexity index is 879. The van der Waals surface area contributed by atoms with E-state index in [2.05, 4.69) is 97.1 Å². The van der Waals surface area contributed by atoms with E-state index in [0.717, 1.165) is 6.42 Å². The lowest BCUT2D eigenvalue weighted by Gasteiger charge is -2.19. The molecule has 0 amide bonds. The van der Waals surface area contributed by atoms with Crippen molar-refractivity contribution < 1.29 is 0 Å². The van der Waals surface area contributed by atoms with Crippen molar-refractivity contribution in [3.05, 3.63) is 120 Å². The molecule has 0 unspecified atom stereocenters. The molecule has 4 rings (SSSR count). The molecular weight excluding hydrogens is 288 g/mol. The van der Waals surface area contributed by atoms with E-state index in [4.69, 9.17) is 0 Å². The average Bonchev–Trinajstić information content (AvgIpc) is 2.67. The second-order valence-electron chi connectivity index (χ2n) is 6.12. The number of fused-ring (bicyclic) bond motifs is 1. The van der Waals surface area contributed by atoms with Crippen LogP contribution in [0.25, 0.3) is 10.8 Å². The Morgan fingerprint density at radius 3 is 1.88 bits per heavy atom. The number of rotatable bonds is 4. The van der Waals surface area contributed by atoms with E-state index in [1.807, 2.05) is 6.07 Å². The maximum absolute atomic E-state index is 3.48. The molecule has 0 heterocycles. The third kappa shape index (κ3) is 2.96. The van der Waals surface area contributed by atoms with E-state index in [1.165, 1.54) is 27.5 Å².